The minimum atomic E-state index is -0.587. The van der Waals surface area contributed by atoms with Crippen LogP contribution in [0.25, 0.3) is 5.69 Å². The van der Waals surface area contributed by atoms with E-state index in [1.807, 2.05) is 36.4 Å². The quantitative estimate of drug-likeness (QED) is 0.647. The van der Waals surface area contributed by atoms with Gasteiger partial charge in [0.1, 0.15) is 12.1 Å². The fraction of sp³-hybridized carbons (Fsp3) is 0.211. The number of ether oxygens (including phenoxy) is 1. The molecule has 0 fully saturated rings. The highest BCUT2D eigenvalue weighted by atomic mass is 16.5. The van der Waals surface area contributed by atoms with Crippen LogP contribution in [-0.2, 0) is 16.0 Å². The SMILES string of the molecule is CC(=O)[C@@H](Cc1ccccc1)NC(=O)COc1cccc(-n2cnnn2)c1. The first-order chi connectivity index (χ1) is 13.1. The maximum Gasteiger partial charge on any atom is 0.258 e. The second-order valence-corrected chi connectivity index (χ2v) is 5.96. The van der Waals surface area contributed by atoms with Crippen molar-refractivity contribution in [1.29, 1.82) is 0 Å². The summed E-state index contributed by atoms with van der Waals surface area (Å²) < 4.78 is 7.02. The number of benzene rings is 2. The minimum absolute atomic E-state index is 0.104. The Labute approximate surface area is 156 Å². The molecule has 8 heteroatoms. The Kier molecular flexibility index (Phi) is 5.88. The number of hydrogen-bond donors (Lipinski definition) is 1. The molecular formula is C19H19N5O3. The van der Waals surface area contributed by atoms with Crippen LogP contribution in [0.4, 0.5) is 0 Å². The third-order valence-corrected chi connectivity index (χ3v) is 3.91. The van der Waals surface area contributed by atoms with Gasteiger partial charge in [-0.3, -0.25) is 9.59 Å². The van der Waals surface area contributed by atoms with Crippen LogP contribution >= 0.6 is 0 Å². The molecule has 0 saturated carbocycles. The monoisotopic (exact) mass is 365 g/mol. The lowest BCUT2D eigenvalue weighted by atomic mass is 10.0. The van der Waals surface area contributed by atoms with Crippen molar-refractivity contribution in [3.63, 3.8) is 0 Å². The lowest BCUT2D eigenvalue weighted by Crippen LogP contribution is -2.43. The standard InChI is InChI=1S/C19H19N5O3/c1-14(25)18(10-15-6-3-2-4-7-15)21-19(26)12-27-17-9-5-8-16(11-17)24-13-20-22-23-24/h2-9,11,13,18H,10,12H2,1H3,(H,21,26)/t18-/m1/s1. The Balaban J connectivity index is 1.57. The van der Waals surface area contributed by atoms with Gasteiger partial charge in [0.05, 0.1) is 11.7 Å². The van der Waals surface area contributed by atoms with Gasteiger partial charge >= 0.3 is 0 Å². The highest BCUT2D eigenvalue weighted by molar-refractivity contribution is 5.88. The van der Waals surface area contributed by atoms with Crippen LogP contribution in [-0.4, -0.2) is 44.5 Å². The smallest absolute Gasteiger partial charge is 0.258 e. The van der Waals surface area contributed by atoms with Gasteiger partial charge in [0.15, 0.2) is 12.4 Å². The summed E-state index contributed by atoms with van der Waals surface area (Å²) >= 11 is 0. The van der Waals surface area contributed by atoms with Crippen molar-refractivity contribution in [2.75, 3.05) is 6.61 Å². The van der Waals surface area contributed by atoms with Crippen molar-refractivity contribution in [2.24, 2.45) is 0 Å². The summed E-state index contributed by atoms with van der Waals surface area (Å²) in [6, 6.07) is 16.0. The van der Waals surface area contributed by atoms with Gasteiger partial charge in [0.25, 0.3) is 5.91 Å². The number of amides is 1. The van der Waals surface area contributed by atoms with E-state index in [0.29, 0.717) is 17.9 Å². The van der Waals surface area contributed by atoms with Gasteiger partial charge in [0.2, 0.25) is 0 Å². The summed E-state index contributed by atoms with van der Waals surface area (Å²) in [6.07, 6.45) is 1.91. The van der Waals surface area contributed by atoms with Gasteiger partial charge in [-0.1, -0.05) is 36.4 Å². The number of aromatic nitrogens is 4. The van der Waals surface area contributed by atoms with E-state index in [-0.39, 0.29) is 18.3 Å². The van der Waals surface area contributed by atoms with Gasteiger partial charge in [-0.25, -0.2) is 4.68 Å². The van der Waals surface area contributed by atoms with Gasteiger partial charge in [-0.15, -0.1) is 5.10 Å². The molecule has 0 spiro atoms. The summed E-state index contributed by atoms with van der Waals surface area (Å²) in [5.74, 6) is 0.0347. The van der Waals surface area contributed by atoms with Crippen molar-refractivity contribution in [3.05, 3.63) is 66.5 Å². The molecule has 8 nitrogen and oxygen atoms in total. The molecular weight excluding hydrogens is 346 g/mol. The number of ketones is 1. The first-order valence-electron chi connectivity index (χ1n) is 8.42. The molecule has 0 aliphatic rings. The predicted molar refractivity (Wildman–Crippen MR) is 97.4 cm³/mol. The van der Waals surface area contributed by atoms with E-state index in [0.717, 1.165) is 5.56 Å². The molecule has 1 aromatic heterocycles. The Bertz CT molecular complexity index is 897. The third-order valence-electron chi connectivity index (χ3n) is 3.91. The number of hydrogen-bond acceptors (Lipinski definition) is 6. The van der Waals surface area contributed by atoms with Crippen LogP contribution in [0.1, 0.15) is 12.5 Å². The Morgan fingerprint density at radius 1 is 1.15 bits per heavy atom. The lowest BCUT2D eigenvalue weighted by Gasteiger charge is -2.16. The lowest BCUT2D eigenvalue weighted by molar-refractivity contribution is -0.128. The second-order valence-electron chi connectivity index (χ2n) is 5.96. The highest BCUT2D eigenvalue weighted by Gasteiger charge is 2.18. The van der Waals surface area contributed by atoms with Crippen LogP contribution in [0, 0.1) is 0 Å². The maximum atomic E-state index is 12.2. The Morgan fingerprint density at radius 3 is 2.67 bits per heavy atom. The van der Waals surface area contributed by atoms with E-state index in [4.69, 9.17) is 4.74 Å². The van der Waals surface area contributed by atoms with Crippen molar-refractivity contribution in [3.8, 4) is 11.4 Å². The van der Waals surface area contributed by atoms with E-state index < -0.39 is 6.04 Å². The van der Waals surface area contributed by atoms with E-state index in [1.54, 1.807) is 18.2 Å². The number of nitrogens with zero attached hydrogens (tertiary/aromatic N) is 4. The average Bonchev–Trinajstić information content (AvgIpc) is 3.22. The summed E-state index contributed by atoms with van der Waals surface area (Å²) in [5.41, 5.74) is 1.69. The zero-order valence-corrected chi connectivity index (χ0v) is 14.8. The summed E-state index contributed by atoms with van der Waals surface area (Å²) in [4.78, 5) is 24.1. The molecule has 2 aromatic carbocycles. The average molecular weight is 365 g/mol. The van der Waals surface area contributed by atoms with Crippen molar-refractivity contribution >= 4 is 11.7 Å². The van der Waals surface area contributed by atoms with Gasteiger partial charge in [-0.05, 0) is 41.5 Å². The zero-order valence-electron chi connectivity index (χ0n) is 14.8. The molecule has 1 heterocycles. The molecule has 0 bridgehead atoms. The van der Waals surface area contributed by atoms with Gasteiger partial charge in [-0.2, -0.15) is 0 Å². The molecule has 0 saturated heterocycles. The second kappa shape index (κ2) is 8.70. The molecule has 1 N–H and O–H groups in total. The van der Waals surface area contributed by atoms with E-state index in [2.05, 4.69) is 20.8 Å². The Hall–Kier alpha value is -3.55. The third kappa shape index (κ3) is 5.21. The van der Waals surface area contributed by atoms with Crippen molar-refractivity contribution < 1.29 is 14.3 Å². The summed E-state index contributed by atoms with van der Waals surface area (Å²) in [6.45, 7) is 1.27. The van der Waals surface area contributed by atoms with Crippen LogP contribution in [0.15, 0.2) is 60.9 Å². The molecule has 0 unspecified atom stereocenters. The largest absolute Gasteiger partial charge is 0.484 e. The minimum Gasteiger partial charge on any atom is -0.484 e. The first-order valence-corrected chi connectivity index (χ1v) is 8.42. The van der Waals surface area contributed by atoms with Crippen LogP contribution in [0.2, 0.25) is 0 Å². The molecule has 0 radical (unpaired) electrons. The van der Waals surface area contributed by atoms with Gasteiger partial charge in [0, 0.05) is 6.07 Å². The molecule has 1 amide bonds. The number of tetrazole rings is 1. The number of carbonyl (C=O) groups excluding carboxylic acids is 2. The molecule has 0 aliphatic heterocycles. The predicted octanol–water partition coefficient (Wildman–Crippen LogP) is 1.36. The topological polar surface area (TPSA) is 99.0 Å². The van der Waals surface area contributed by atoms with Crippen molar-refractivity contribution in [1.82, 2.24) is 25.5 Å². The number of rotatable bonds is 8. The van der Waals surface area contributed by atoms with E-state index >= 15 is 0 Å². The zero-order chi connectivity index (χ0) is 19.1. The maximum absolute atomic E-state index is 12.2. The van der Waals surface area contributed by atoms with Crippen molar-refractivity contribution in [2.45, 2.75) is 19.4 Å². The van der Waals surface area contributed by atoms with Crippen LogP contribution in [0.3, 0.4) is 0 Å². The van der Waals surface area contributed by atoms with Gasteiger partial charge < -0.3 is 10.1 Å². The van der Waals surface area contributed by atoms with E-state index in [9.17, 15) is 9.59 Å². The number of nitrogens with one attached hydrogen (secondary N) is 1. The number of carbonyl (C=O) groups is 2. The number of Topliss-reactive ketones (excluding diaryl/α,β-unsaturated/α-hetero) is 1. The normalized spacial score (nSPS) is 11.6. The summed E-state index contributed by atoms with van der Waals surface area (Å²) in [5, 5.41) is 13.7. The molecule has 1 atom stereocenters. The van der Waals surface area contributed by atoms with Crippen LogP contribution in [0.5, 0.6) is 5.75 Å². The molecule has 3 aromatic rings. The Morgan fingerprint density at radius 2 is 1.96 bits per heavy atom. The highest BCUT2D eigenvalue weighted by Crippen LogP contribution is 2.15. The molecule has 0 aliphatic carbocycles. The first kappa shape index (κ1) is 18.2. The fourth-order valence-electron chi connectivity index (χ4n) is 2.53. The fourth-order valence-corrected chi connectivity index (χ4v) is 2.53. The molecule has 138 valence electrons. The molecule has 3 rings (SSSR count). The van der Waals surface area contributed by atoms with Crippen LogP contribution < -0.4 is 10.1 Å². The van der Waals surface area contributed by atoms with E-state index in [1.165, 1.54) is 17.9 Å². The summed E-state index contributed by atoms with van der Waals surface area (Å²) in [7, 11) is 0. The molecule has 27 heavy (non-hydrogen) atoms.